The number of nitrogens with zero attached hydrogens (tertiary/aromatic N) is 3. The Morgan fingerprint density at radius 3 is 2.56 bits per heavy atom. The summed E-state index contributed by atoms with van der Waals surface area (Å²) in [6.07, 6.45) is 1.75. The van der Waals surface area contributed by atoms with Crippen molar-refractivity contribution in [3.8, 4) is 0 Å². The molecule has 0 atom stereocenters. The average Bonchev–Trinajstić information content (AvgIpc) is 3.27. The zero-order valence-corrected chi connectivity index (χ0v) is 20.6. The lowest BCUT2D eigenvalue weighted by Crippen LogP contribution is -2.30. The minimum absolute atomic E-state index is 0.00407. The van der Waals surface area contributed by atoms with E-state index in [0.29, 0.717) is 15.8 Å². The zero-order valence-electron chi connectivity index (χ0n) is 18.2. The number of carbonyl (C=O) groups is 1. The van der Waals surface area contributed by atoms with Gasteiger partial charge in [-0.25, -0.2) is 17.8 Å². The number of carbonyl (C=O) groups excluding carboxylic acids is 1. The highest BCUT2D eigenvalue weighted by atomic mass is 35.5. The molecular formula is C24H21ClFN3O3S2. The molecule has 6 nitrogen and oxygen atoms in total. The molecule has 0 saturated heterocycles. The highest BCUT2D eigenvalue weighted by Crippen LogP contribution is 2.36. The van der Waals surface area contributed by atoms with Crippen LogP contribution in [0.4, 0.5) is 9.52 Å². The molecule has 2 aromatic heterocycles. The van der Waals surface area contributed by atoms with E-state index in [1.54, 1.807) is 18.3 Å². The van der Waals surface area contributed by atoms with Crippen molar-refractivity contribution in [2.24, 2.45) is 0 Å². The maximum atomic E-state index is 13.2. The predicted octanol–water partition coefficient (Wildman–Crippen LogP) is 5.58. The van der Waals surface area contributed by atoms with Gasteiger partial charge in [-0.15, -0.1) is 0 Å². The molecule has 10 heteroatoms. The van der Waals surface area contributed by atoms with Gasteiger partial charge < -0.3 is 0 Å². The summed E-state index contributed by atoms with van der Waals surface area (Å²) in [5.74, 6) is -1.01. The molecule has 2 heterocycles. The molecule has 2 aromatic carbocycles. The van der Waals surface area contributed by atoms with Crippen molar-refractivity contribution in [3.63, 3.8) is 0 Å². The van der Waals surface area contributed by atoms with E-state index in [2.05, 4.69) is 9.97 Å². The number of thiazole rings is 1. The van der Waals surface area contributed by atoms with Gasteiger partial charge in [0.1, 0.15) is 5.82 Å². The predicted molar refractivity (Wildman–Crippen MR) is 132 cm³/mol. The Kier molecular flexibility index (Phi) is 7.25. The number of benzene rings is 2. The van der Waals surface area contributed by atoms with Crippen LogP contribution in [0.25, 0.3) is 10.2 Å². The molecule has 4 rings (SSSR count). The van der Waals surface area contributed by atoms with Crippen molar-refractivity contribution in [2.75, 3.05) is 10.7 Å². The topological polar surface area (TPSA) is 80.2 Å². The van der Waals surface area contributed by atoms with Crippen LogP contribution in [-0.2, 0) is 21.2 Å². The van der Waals surface area contributed by atoms with E-state index in [4.69, 9.17) is 11.6 Å². The monoisotopic (exact) mass is 517 g/mol. The minimum atomic E-state index is -3.63. The number of rotatable bonds is 8. The third kappa shape index (κ3) is 5.43. The van der Waals surface area contributed by atoms with Gasteiger partial charge in [0, 0.05) is 12.6 Å². The van der Waals surface area contributed by atoms with Crippen LogP contribution in [-0.4, -0.2) is 30.0 Å². The van der Waals surface area contributed by atoms with Gasteiger partial charge in [-0.05, 0) is 61.4 Å². The lowest BCUT2D eigenvalue weighted by molar-refractivity contribution is -0.118. The third-order valence-electron chi connectivity index (χ3n) is 5.24. The number of anilines is 1. The molecule has 34 heavy (non-hydrogen) atoms. The highest BCUT2D eigenvalue weighted by molar-refractivity contribution is 7.91. The SMILES string of the molecule is Cc1ccc(Cl)c2sc(N(Cc3ccccn3)C(=O)CCCS(=O)(=O)c3ccc(F)cc3)nc12. The fourth-order valence-electron chi connectivity index (χ4n) is 3.43. The van der Waals surface area contributed by atoms with Crippen molar-refractivity contribution in [3.05, 3.63) is 82.9 Å². The Balaban J connectivity index is 1.55. The maximum Gasteiger partial charge on any atom is 0.229 e. The molecule has 0 unspecified atom stereocenters. The van der Waals surface area contributed by atoms with Gasteiger partial charge in [0.2, 0.25) is 5.91 Å². The van der Waals surface area contributed by atoms with Crippen molar-refractivity contribution in [2.45, 2.75) is 31.2 Å². The van der Waals surface area contributed by atoms with Crippen LogP contribution in [0, 0.1) is 12.7 Å². The molecule has 0 aliphatic heterocycles. The Morgan fingerprint density at radius 2 is 1.88 bits per heavy atom. The first kappa shape index (κ1) is 24.3. The first-order valence-corrected chi connectivity index (χ1v) is 13.3. The summed E-state index contributed by atoms with van der Waals surface area (Å²) in [6, 6.07) is 13.8. The number of fused-ring (bicyclic) bond motifs is 1. The van der Waals surface area contributed by atoms with Crippen LogP contribution < -0.4 is 4.90 Å². The molecule has 0 aliphatic carbocycles. The number of pyridine rings is 1. The van der Waals surface area contributed by atoms with Gasteiger partial charge in [0.05, 0.1) is 38.1 Å². The Morgan fingerprint density at radius 1 is 1.12 bits per heavy atom. The average molecular weight is 518 g/mol. The van der Waals surface area contributed by atoms with E-state index in [0.717, 1.165) is 27.9 Å². The molecular weight excluding hydrogens is 497 g/mol. The van der Waals surface area contributed by atoms with Crippen LogP contribution in [0.2, 0.25) is 5.02 Å². The van der Waals surface area contributed by atoms with Gasteiger partial charge >= 0.3 is 0 Å². The number of sulfone groups is 1. The first-order valence-electron chi connectivity index (χ1n) is 10.5. The van der Waals surface area contributed by atoms with Crippen LogP contribution in [0.15, 0.2) is 65.7 Å². The normalized spacial score (nSPS) is 11.6. The third-order valence-corrected chi connectivity index (χ3v) is 8.60. The summed E-state index contributed by atoms with van der Waals surface area (Å²) in [4.78, 5) is 23.8. The number of hydrogen-bond donors (Lipinski definition) is 0. The van der Waals surface area contributed by atoms with Gasteiger partial charge in [-0.3, -0.25) is 14.7 Å². The molecule has 4 aromatic rings. The largest absolute Gasteiger partial charge is 0.282 e. The first-order chi connectivity index (χ1) is 16.2. The van der Waals surface area contributed by atoms with Gasteiger partial charge in [0.25, 0.3) is 0 Å². The van der Waals surface area contributed by atoms with Crippen LogP contribution in [0.3, 0.4) is 0 Å². The highest BCUT2D eigenvalue weighted by Gasteiger charge is 2.23. The van der Waals surface area contributed by atoms with E-state index in [1.165, 1.54) is 28.4 Å². The Labute approximate surface area is 206 Å². The van der Waals surface area contributed by atoms with Crippen molar-refractivity contribution in [1.29, 1.82) is 0 Å². The Bertz CT molecular complexity index is 1390. The van der Waals surface area contributed by atoms with E-state index < -0.39 is 15.7 Å². The second-order valence-corrected chi connectivity index (χ2v) is 11.2. The van der Waals surface area contributed by atoms with Crippen LogP contribution >= 0.6 is 22.9 Å². The molecule has 0 saturated carbocycles. The van der Waals surface area contributed by atoms with Crippen LogP contribution in [0.5, 0.6) is 0 Å². The maximum absolute atomic E-state index is 13.2. The summed E-state index contributed by atoms with van der Waals surface area (Å²) in [7, 11) is -3.63. The molecule has 0 fully saturated rings. The summed E-state index contributed by atoms with van der Waals surface area (Å²) in [5, 5.41) is 1.03. The fraction of sp³-hybridized carbons (Fsp3) is 0.208. The fourth-order valence-corrected chi connectivity index (χ4v) is 6.07. The zero-order chi connectivity index (χ0) is 24.3. The van der Waals surface area contributed by atoms with Gasteiger partial charge in [0.15, 0.2) is 15.0 Å². The second kappa shape index (κ2) is 10.2. The standard InChI is InChI=1S/C24H21ClFN3O3S2/c1-16-7-12-20(25)23-22(16)28-24(33-23)29(15-18-5-2-3-13-27-18)21(30)6-4-14-34(31,32)19-10-8-17(26)9-11-19/h2-3,5,7-13H,4,6,14-15H2,1H3. The lowest BCUT2D eigenvalue weighted by Gasteiger charge is -2.19. The van der Waals surface area contributed by atoms with Crippen molar-refractivity contribution in [1.82, 2.24) is 9.97 Å². The van der Waals surface area contributed by atoms with Gasteiger partial charge in [-0.1, -0.05) is 35.1 Å². The summed E-state index contributed by atoms with van der Waals surface area (Å²) >= 11 is 7.66. The smallest absolute Gasteiger partial charge is 0.229 e. The molecule has 0 bridgehead atoms. The number of amides is 1. The summed E-state index contributed by atoms with van der Waals surface area (Å²) in [5.41, 5.74) is 2.35. The quantitative estimate of drug-likeness (QED) is 0.285. The lowest BCUT2D eigenvalue weighted by atomic mass is 10.2. The number of aromatic nitrogens is 2. The number of aryl methyl sites for hydroxylation is 1. The molecule has 0 aliphatic rings. The molecule has 0 radical (unpaired) electrons. The van der Waals surface area contributed by atoms with E-state index in [9.17, 15) is 17.6 Å². The second-order valence-electron chi connectivity index (χ2n) is 7.72. The summed E-state index contributed by atoms with van der Waals surface area (Å²) < 4.78 is 39.0. The van der Waals surface area contributed by atoms with E-state index in [-0.39, 0.29) is 35.9 Å². The molecule has 0 spiro atoms. The summed E-state index contributed by atoms with van der Waals surface area (Å²) in [6.45, 7) is 2.12. The minimum Gasteiger partial charge on any atom is -0.282 e. The van der Waals surface area contributed by atoms with Crippen LogP contribution in [0.1, 0.15) is 24.1 Å². The van der Waals surface area contributed by atoms with Crippen molar-refractivity contribution < 1.29 is 17.6 Å². The molecule has 176 valence electrons. The van der Waals surface area contributed by atoms with Gasteiger partial charge in [-0.2, -0.15) is 0 Å². The van der Waals surface area contributed by atoms with E-state index >= 15 is 0 Å². The molecule has 0 N–H and O–H groups in total. The molecule has 1 amide bonds. The Hall–Kier alpha value is -2.88. The number of halogens is 2. The number of hydrogen-bond acceptors (Lipinski definition) is 6. The van der Waals surface area contributed by atoms with E-state index in [1.807, 2.05) is 25.1 Å². The van der Waals surface area contributed by atoms with Crippen molar-refractivity contribution >= 4 is 54.0 Å².